The van der Waals surface area contributed by atoms with Crippen molar-refractivity contribution in [3.8, 4) is 0 Å². The van der Waals surface area contributed by atoms with E-state index in [0.29, 0.717) is 0 Å². The van der Waals surface area contributed by atoms with E-state index in [-0.39, 0.29) is 40.0 Å². The van der Waals surface area contributed by atoms with E-state index in [1.165, 1.54) is 18.2 Å². The summed E-state index contributed by atoms with van der Waals surface area (Å²) in [5.74, 6) is -0.0905. The maximum absolute atomic E-state index is 12.2. The first kappa shape index (κ1) is 16.3. The summed E-state index contributed by atoms with van der Waals surface area (Å²) in [6, 6.07) is 4.24. The number of halogens is 1. The van der Waals surface area contributed by atoms with Crippen molar-refractivity contribution < 1.29 is 18.3 Å². The van der Waals surface area contributed by atoms with Gasteiger partial charge in [0.2, 0.25) is 0 Å². The number of carbonyl (C=O) groups is 1. The summed E-state index contributed by atoms with van der Waals surface area (Å²) in [5, 5.41) is 12.1. The molecule has 0 aliphatic heterocycles. The number of hydrogen-bond donors (Lipinski definition) is 2. The molecule has 0 aromatic heterocycles. The number of rotatable bonds is 4. The molecule has 1 aliphatic carbocycles. The molecule has 0 saturated heterocycles. The average molecular weight is 332 g/mol. The fourth-order valence-corrected chi connectivity index (χ4v) is 3.87. The fourth-order valence-electron chi connectivity index (χ4n) is 2.57. The Hall–Kier alpha value is -1.11. The van der Waals surface area contributed by atoms with Crippen molar-refractivity contribution in [2.45, 2.75) is 30.2 Å². The van der Waals surface area contributed by atoms with Gasteiger partial charge >= 0.3 is 0 Å². The first-order valence-corrected chi connectivity index (χ1v) is 8.99. The standard InChI is InChI=1S/C14H18ClNO4S/c1-21(19,20)13-7-10(3-5-12(13)15)14(18)16-11-4-2-9(6-11)8-17/h3,5,7,9,11,17H,2,4,6,8H2,1H3,(H,16,18)/t9-,11+/m1/s1. The third kappa shape index (κ3) is 3.96. The topological polar surface area (TPSA) is 83.5 Å². The van der Waals surface area contributed by atoms with Crippen molar-refractivity contribution in [3.05, 3.63) is 28.8 Å². The predicted molar refractivity (Wildman–Crippen MR) is 80.2 cm³/mol. The molecule has 0 spiro atoms. The number of amides is 1. The maximum atomic E-state index is 12.2. The predicted octanol–water partition coefficient (Wildman–Crippen LogP) is 1.63. The van der Waals surface area contributed by atoms with Gasteiger partial charge < -0.3 is 10.4 Å². The highest BCUT2D eigenvalue weighted by atomic mass is 35.5. The zero-order chi connectivity index (χ0) is 15.6. The number of sulfone groups is 1. The molecule has 0 unspecified atom stereocenters. The Bertz CT molecular complexity index is 644. The van der Waals surface area contributed by atoms with Gasteiger partial charge in [0.1, 0.15) is 0 Å². The first-order chi connectivity index (χ1) is 9.81. The van der Waals surface area contributed by atoms with Crippen molar-refractivity contribution in [2.24, 2.45) is 5.92 Å². The van der Waals surface area contributed by atoms with Gasteiger partial charge in [-0.1, -0.05) is 11.6 Å². The van der Waals surface area contributed by atoms with Crippen LogP contribution < -0.4 is 5.32 Å². The molecule has 2 N–H and O–H groups in total. The Morgan fingerprint density at radius 2 is 2.14 bits per heavy atom. The van der Waals surface area contributed by atoms with E-state index in [4.69, 9.17) is 16.7 Å². The third-order valence-electron chi connectivity index (χ3n) is 3.73. The monoisotopic (exact) mass is 331 g/mol. The van der Waals surface area contributed by atoms with Crippen molar-refractivity contribution in [1.82, 2.24) is 5.32 Å². The number of carbonyl (C=O) groups excluding carboxylic acids is 1. The number of hydrogen-bond acceptors (Lipinski definition) is 4. The molecule has 1 saturated carbocycles. The van der Waals surface area contributed by atoms with Gasteiger partial charge in [-0.2, -0.15) is 0 Å². The van der Waals surface area contributed by atoms with Crippen LogP contribution in [-0.2, 0) is 9.84 Å². The normalized spacial score (nSPS) is 22.2. The maximum Gasteiger partial charge on any atom is 0.251 e. The molecule has 0 radical (unpaired) electrons. The molecule has 21 heavy (non-hydrogen) atoms. The summed E-state index contributed by atoms with van der Waals surface area (Å²) < 4.78 is 23.2. The Morgan fingerprint density at radius 1 is 1.43 bits per heavy atom. The lowest BCUT2D eigenvalue weighted by molar-refractivity contribution is 0.0935. The first-order valence-electron chi connectivity index (χ1n) is 6.72. The van der Waals surface area contributed by atoms with Crippen molar-refractivity contribution in [3.63, 3.8) is 0 Å². The molecule has 1 aliphatic rings. The van der Waals surface area contributed by atoms with Gasteiger partial charge in [-0.3, -0.25) is 4.79 Å². The molecule has 1 aromatic carbocycles. The summed E-state index contributed by atoms with van der Waals surface area (Å²) in [7, 11) is -3.47. The van der Waals surface area contributed by atoms with Crippen molar-refractivity contribution in [2.75, 3.05) is 12.9 Å². The molecule has 0 bridgehead atoms. The minimum absolute atomic E-state index is 0.0204. The zero-order valence-electron chi connectivity index (χ0n) is 11.7. The molecular weight excluding hydrogens is 314 g/mol. The number of aliphatic hydroxyl groups excluding tert-OH is 1. The van der Waals surface area contributed by atoms with Crippen LogP contribution in [0.4, 0.5) is 0 Å². The summed E-state index contributed by atoms with van der Waals surface area (Å²) >= 11 is 5.86. The number of nitrogens with one attached hydrogen (secondary N) is 1. The Morgan fingerprint density at radius 3 is 2.71 bits per heavy atom. The van der Waals surface area contributed by atoms with Crippen LogP contribution in [0, 0.1) is 5.92 Å². The Labute approximate surface area is 129 Å². The highest BCUT2D eigenvalue weighted by molar-refractivity contribution is 7.90. The van der Waals surface area contributed by atoms with E-state index in [1.54, 1.807) is 0 Å². The Balaban J connectivity index is 2.13. The quantitative estimate of drug-likeness (QED) is 0.878. The number of benzene rings is 1. The van der Waals surface area contributed by atoms with E-state index >= 15 is 0 Å². The second-order valence-corrected chi connectivity index (χ2v) is 7.84. The fraction of sp³-hybridized carbons (Fsp3) is 0.500. The smallest absolute Gasteiger partial charge is 0.251 e. The van der Waals surface area contributed by atoms with Crippen LogP contribution in [0.3, 0.4) is 0 Å². The lowest BCUT2D eigenvalue weighted by Gasteiger charge is -2.13. The van der Waals surface area contributed by atoms with Gasteiger partial charge in [0.05, 0.1) is 9.92 Å². The second-order valence-electron chi connectivity index (χ2n) is 5.45. The zero-order valence-corrected chi connectivity index (χ0v) is 13.2. The molecule has 1 aromatic rings. The molecule has 5 nitrogen and oxygen atoms in total. The third-order valence-corrected chi connectivity index (χ3v) is 5.31. The molecular formula is C14H18ClNO4S. The van der Waals surface area contributed by atoms with E-state index in [0.717, 1.165) is 25.5 Å². The summed E-state index contributed by atoms with van der Waals surface area (Å²) in [4.78, 5) is 12.1. The van der Waals surface area contributed by atoms with Crippen LogP contribution in [0.15, 0.2) is 23.1 Å². The minimum Gasteiger partial charge on any atom is -0.396 e. The molecule has 7 heteroatoms. The highest BCUT2D eigenvalue weighted by Crippen LogP contribution is 2.26. The minimum atomic E-state index is -3.47. The highest BCUT2D eigenvalue weighted by Gasteiger charge is 2.26. The molecule has 2 atom stereocenters. The lowest BCUT2D eigenvalue weighted by Crippen LogP contribution is -2.33. The molecule has 0 heterocycles. The Kier molecular flexibility index (Phi) is 4.91. The van der Waals surface area contributed by atoms with Gasteiger partial charge in [-0.25, -0.2) is 8.42 Å². The molecule has 116 valence electrons. The van der Waals surface area contributed by atoms with E-state index in [9.17, 15) is 13.2 Å². The van der Waals surface area contributed by atoms with Gasteiger partial charge in [0.25, 0.3) is 5.91 Å². The van der Waals surface area contributed by atoms with Gasteiger partial charge in [0.15, 0.2) is 9.84 Å². The molecule has 1 amide bonds. The second kappa shape index (κ2) is 6.34. The average Bonchev–Trinajstić information content (AvgIpc) is 2.85. The summed E-state index contributed by atoms with van der Waals surface area (Å²) in [6.07, 6.45) is 3.51. The van der Waals surface area contributed by atoms with Gasteiger partial charge in [-0.15, -0.1) is 0 Å². The van der Waals surface area contributed by atoms with Gasteiger partial charge in [-0.05, 0) is 43.4 Å². The van der Waals surface area contributed by atoms with Crippen LogP contribution in [0.1, 0.15) is 29.6 Å². The van der Waals surface area contributed by atoms with E-state index in [2.05, 4.69) is 5.32 Å². The van der Waals surface area contributed by atoms with E-state index < -0.39 is 9.84 Å². The van der Waals surface area contributed by atoms with Crippen LogP contribution in [0.2, 0.25) is 5.02 Å². The summed E-state index contributed by atoms with van der Waals surface area (Å²) in [5.41, 5.74) is 0.271. The number of aliphatic hydroxyl groups is 1. The molecule has 2 rings (SSSR count). The van der Waals surface area contributed by atoms with Gasteiger partial charge in [0, 0.05) is 24.5 Å². The largest absolute Gasteiger partial charge is 0.396 e. The van der Waals surface area contributed by atoms with Crippen molar-refractivity contribution >= 4 is 27.3 Å². The van der Waals surface area contributed by atoms with Crippen LogP contribution >= 0.6 is 11.6 Å². The van der Waals surface area contributed by atoms with Crippen LogP contribution in [0.5, 0.6) is 0 Å². The van der Waals surface area contributed by atoms with Crippen molar-refractivity contribution in [1.29, 1.82) is 0 Å². The van der Waals surface area contributed by atoms with Crippen LogP contribution in [0.25, 0.3) is 0 Å². The SMILES string of the molecule is CS(=O)(=O)c1cc(C(=O)N[C@H]2CC[C@@H](CO)C2)ccc1Cl. The van der Waals surface area contributed by atoms with Crippen LogP contribution in [-0.4, -0.2) is 38.3 Å². The molecule has 1 fully saturated rings. The lowest BCUT2D eigenvalue weighted by atomic mass is 10.1. The van der Waals surface area contributed by atoms with E-state index in [1.807, 2.05) is 0 Å². The summed E-state index contributed by atoms with van der Waals surface area (Å²) in [6.45, 7) is 0.130.